The first-order chi connectivity index (χ1) is 8.63. The quantitative estimate of drug-likeness (QED) is 0.696. The van der Waals surface area contributed by atoms with Crippen LogP contribution < -0.4 is 5.32 Å². The molecule has 0 bridgehead atoms. The molecular formula is C15H23NO2. The molecule has 0 fully saturated rings. The molecular weight excluding hydrogens is 226 g/mol. The monoisotopic (exact) mass is 249 g/mol. The largest absolute Gasteiger partial charge is 0.481 e. The van der Waals surface area contributed by atoms with Crippen LogP contribution in [0.3, 0.4) is 0 Å². The van der Waals surface area contributed by atoms with Gasteiger partial charge in [0.1, 0.15) is 0 Å². The molecule has 3 heteroatoms. The van der Waals surface area contributed by atoms with Gasteiger partial charge in [0, 0.05) is 6.54 Å². The number of benzene rings is 1. The molecule has 1 unspecified atom stereocenters. The van der Waals surface area contributed by atoms with Gasteiger partial charge in [-0.05, 0) is 30.5 Å². The van der Waals surface area contributed by atoms with Gasteiger partial charge in [0.2, 0.25) is 0 Å². The first-order valence-corrected chi connectivity index (χ1v) is 6.64. The Kier molecular flexibility index (Phi) is 6.44. The number of rotatable bonds is 8. The molecule has 0 aliphatic carbocycles. The van der Waals surface area contributed by atoms with Gasteiger partial charge in [0.25, 0.3) is 0 Å². The van der Waals surface area contributed by atoms with E-state index in [-0.39, 0.29) is 5.92 Å². The molecule has 100 valence electrons. The summed E-state index contributed by atoms with van der Waals surface area (Å²) in [5.41, 5.74) is 2.68. The van der Waals surface area contributed by atoms with Crippen LogP contribution in [-0.4, -0.2) is 24.2 Å². The SMILES string of the molecule is CCCc1ccc(CCNCC(C)C(=O)O)cc1. The Balaban J connectivity index is 2.25. The second-order valence-corrected chi connectivity index (χ2v) is 4.76. The zero-order valence-electron chi connectivity index (χ0n) is 11.3. The molecule has 1 aromatic rings. The number of nitrogens with one attached hydrogen (secondary N) is 1. The van der Waals surface area contributed by atoms with E-state index in [4.69, 9.17) is 5.11 Å². The molecule has 18 heavy (non-hydrogen) atoms. The molecule has 0 radical (unpaired) electrons. The summed E-state index contributed by atoms with van der Waals surface area (Å²) < 4.78 is 0. The van der Waals surface area contributed by atoms with Crippen molar-refractivity contribution in [3.8, 4) is 0 Å². The van der Waals surface area contributed by atoms with Crippen LogP contribution in [0.4, 0.5) is 0 Å². The van der Waals surface area contributed by atoms with Gasteiger partial charge in [-0.1, -0.05) is 44.5 Å². The second kappa shape index (κ2) is 7.88. The van der Waals surface area contributed by atoms with E-state index in [1.807, 2.05) is 0 Å². The van der Waals surface area contributed by atoms with E-state index in [9.17, 15) is 4.79 Å². The minimum absolute atomic E-state index is 0.322. The zero-order valence-corrected chi connectivity index (χ0v) is 11.3. The van der Waals surface area contributed by atoms with Gasteiger partial charge in [-0.2, -0.15) is 0 Å². The van der Waals surface area contributed by atoms with Gasteiger partial charge in [-0.25, -0.2) is 0 Å². The highest BCUT2D eigenvalue weighted by Gasteiger charge is 2.09. The maximum absolute atomic E-state index is 10.6. The predicted octanol–water partition coefficient (Wildman–Crippen LogP) is 2.49. The third kappa shape index (κ3) is 5.32. The minimum atomic E-state index is -0.744. The molecule has 2 N–H and O–H groups in total. The maximum atomic E-state index is 10.6. The first kappa shape index (κ1) is 14.7. The van der Waals surface area contributed by atoms with Crippen LogP contribution in [0.5, 0.6) is 0 Å². The van der Waals surface area contributed by atoms with Gasteiger partial charge < -0.3 is 10.4 Å². The van der Waals surface area contributed by atoms with E-state index in [0.29, 0.717) is 6.54 Å². The van der Waals surface area contributed by atoms with Gasteiger partial charge in [0.05, 0.1) is 5.92 Å². The van der Waals surface area contributed by atoms with E-state index in [2.05, 4.69) is 36.5 Å². The van der Waals surface area contributed by atoms with E-state index in [0.717, 1.165) is 19.4 Å². The molecule has 0 spiro atoms. The fourth-order valence-corrected chi connectivity index (χ4v) is 1.80. The van der Waals surface area contributed by atoms with Crippen molar-refractivity contribution in [3.63, 3.8) is 0 Å². The Morgan fingerprint density at radius 2 is 1.78 bits per heavy atom. The smallest absolute Gasteiger partial charge is 0.307 e. The summed E-state index contributed by atoms with van der Waals surface area (Å²) in [6.07, 6.45) is 3.25. The highest BCUT2D eigenvalue weighted by molar-refractivity contribution is 5.69. The lowest BCUT2D eigenvalue weighted by Crippen LogP contribution is -2.27. The number of carboxylic acids is 1. The number of hydrogen-bond acceptors (Lipinski definition) is 2. The van der Waals surface area contributed by atoms with Crippen LogP contribution in [0.15, 0.2) is 24.3 Å². The summed E-state index contributed by atoms with van der Waals surface area (Å²) in [7, 11) is 0. The summed E-state index contributed by atoms with van der Waals surface area (Å²) >= 11 is 0. The Morgan fingerprint density at radius 1 is 1.22 bits per heavy atom. The minimum Gasteiger partial charge on any atom is -0.481 e. The van der Waals surface area contributed by atoms with Crippen LogP contribution in [0.1, 0.15) is 31.4 Å². The summed E-state index contributed by atoms with van der Waals surface area (Å²) in [5.74, 6) is -1.07. The number of aryl methyl sites for hydroxylation is 1. The Morgan fingerprint density at radius 3 is 2.28 bits per heavy atom. The normalized spacial score (nSPS) is 12.3. The number of hydrogen-bond donors (Lipinski definition) is 2. The molecule has 0 aromatic heterocycles. The van der Waals surface area contributed by atoms with Gasteiger partial charge >= 0.3 is 5.97 Å². The zero-order chi connectivity index (χ0) is 13.4. The first-order valence-electron chi connectivity index (χ1n) is 6.64. The van der Waals surface area contributed by atoms with Crippen molar-refractivity contribution in [2.75, 3.05) is 13.1 Å². The summed E-state index contributed by atoms with van der Waals surface area (Å²) in [6.45, 7) is 5.25. The number of carbonyl (C=O) groups is 1. The molecule has 1 atom stereocenters. The highest BCUT2D eigenvalue weighted by atomic mass is 16.4. The fraction of sp³-hybridized carbons (Fsp3) is 0.533. The second-order valence-electron chi connectivity index (χ2n) is 4.76. The molecule has 0 aliphatic heterocycles. The lowest BCUT2D eigenvalue weighted by Gasteiger charge is -2.08. The van der Waals surface area contributed by atoms with Gasteiger partial charge in [-0.3, -0.25) is 4.79 Å². The van der Waals surface area contributed by atoms with Crippen LogP contribution in [0.2, 0.25) is 0 Å². The topological polar surface area (TPSA) is 49.3 Å². The summed E-state index contributed by atoms with van der Waals surface area (Å²) in [4.78, 5) is 10.6. The number of carboxylic acid groups (broad SMARTS) is 1. The predicted molar refractivity (Wildman–Crippen MR) is 73.8 cm³/mol. The molecule has 0 saturated heterocycles. The molecule has 3 nitrogen and oxygen atoms in total. The van der Waals surface area contributed by atoms with Gasteiger partial charge in [0.15, 0.2) is 0 Å². The number of aliphatic carboxylic acids is 1. The van der Waals surface area contributed by atoms with Crippen molar-refractivity contribution in [1.29, 1.82) is 0 Å². The van der Waals surface area contributed by atoms with Crippen molar-refractivity contribution in [3.05, 3.63) is 35.4 Å². The molecule has 0 saturated carbocycles. The van der Waals surface area contributed by atoms with Crippen molar-refractivity contribution >= 4 is 5.97 Å². The summed E-state index contributed by atoms with van der Waals surface area (Å²) in [6, 6.07) is 8.68. The van der Waals surface area contributed by atoms with Crippen LogP contribution in [0, 0.1) is 5.92 Å². The average Bonchev–Trinajstić information content (AvgIpc) is 2.36. The Labute approximate surface area is 109 Å². The van der Waals surface area contributed by atoms with Gasteiger partial charge in [-0.15, -0.1) is 0 Å². The molecule has 0 heterocycles. The van der Waals surface area contributed by atoms with E-state index < -0.39 is 5.97 Å². The van der Waals surface area contributed by atoms with E-state index >= 15 is 0 Å². The van der Waals surface area contributed by atoms with E-state index in [1.165, 1.54) is 17.5 Å². The standard InChI is InChI=1S/C15H23NO2/c1-3-4-13-5-7-14(8-6-13)9-10-16-11-12(2)15(17)18/h5-8,12,16H,3-4,9-11H2,1-2H3,(H,17,18). The van der Waals surface area contributed by atoms with Crippen molar-refractivity contribution in [2.24, 2.45) is 5.92 Å². The third-order valence-electron chi connectivity index (χ3n) is 3.02. The van der Waals surface area contributed by atoms with Crippen LogP contribution >= 0.6 is 0 Å². The lowest BCUT2D eigenvalue weighted by molar-refractivity contribution is -0.140. The maximum Gasteiger partial charge on any atom is 0.307 e. The van der Waals surface area contributed by atoms with Crippen molar-refractivity contribution in [2.45, 2.75) is 33.1 Å². The fourth-order valence-electron chi connectivity index (χ4n) is 1.80. The van der Waals surface area contributed by atoms with Crippen molar-refractivity contribution < 1.29 is 9.90 Å². The Bertz CT molecular complexity index is 359. The van der Waals surface area contributed by atoms with Crippen LogP contribution in [0.25, 0.3) is 0 Å². The highest BCUT2D eigenvalue weighted by Crippen LogP contribution is 2.07. The third-order valence-corrected chi connectivity index (χ3v) is 3.02. The Hall–Kier alpha value is -1.35. The van der Waals surface area contributed by atoms with Crippen LogP contribution in [-0.2, 0) is 17.6 Å². The van der Waals surface area contributed by atoms with E-state index in [1.54, 1.807) is 6.92 Å². The molecule has 1 aromatic carbocycles. The average molecular weight is 249 g/mol. The molecule has 0 amide bonds. The lowest BCUT2D eigenvalue weighted by atomic mass is 10.1. The molecule has 1 rings (SSSR count). The molecule has 0 aliphatic rings. The van der Waals surface area contributed by atoms with Crippen molar-refractivity contribution in [1.82, 2.24) is 5.32 Å². The summed E-state index contributed by atoms with van der Waals surface area (Å²) in [5, 5.41) is 11.9.